The second-order valence-electron chi connectivity index (χ2n) is 6.81. The van der Waals surface area contributed by atoms with Gasteiger partial charge in [0.15, 0.2) is 0 Å². The van der Waals surface area contributed by atoms with Crippen LogP contribution in [-0.4, -0.2) is 26.5 Å². The van der Waals surface area contributed by atoms with Crippen LogP contribution in [0.2, 0.25) is 0 Å². The molecule has 0 fully saturated rings. The third-order valence-corrected chi connectivity index (χ3v) is 4.34. The first-order valence-electron chi connectivity index (χ1n) is 9.62. The van der Waals surface area contributed by atoms with Crippen LogP contribution in [-0.2, 0) is 11.3 Å². The molecule has 0 heterocycles. The molecular weight excluding hydrogens is 334 g/mol. The number of nitrogens with one attached hydrogen (secondary N) is 2. The van der Waals surface area contributed by atoms with Crippen LogP contribution in [0.25, 0.3) is 12.2 Å². The molecule has 0 atom stereocenters. The summed E-state index contributed by atoms with van der Waals surface area (Å²) >= 11 is 0. The number of rotatable bonds is 9. The van der Waals surface area contributed by atoms with Crippen LogP contribution in [0.4, 0.5) is 11.4 Å². The molecule has 2 aromatic carbocycles. The largest absolute Gasteiger partial charge is 0.378 e. The molecule has 0 aliphatic heterocycles. The smallest absolute Gasteiger partial charge is 0.224 e. The van der Waals surface area contributed by atoms with Gasteiger partial charge in [-0.05, 0) is 53.9 Å². The van der Waals surface area contributed by atoms with Gasteiger partial charge in [0.05, 0.1) is 0 Å². The summed E-state index contributed by atoms with van der Waals surface area (Å²) in [5.74, 6) is 0.0380. The number of hydrogen-bond donors (Lipinski definition) is 2. The predicted octanol–water partition coefficient (Wildman–Crippen LogP) is 4.77. The highest BCUT2D eigenvalue weighted by molar-refractivity contribution is 5.91. The first-order chi connectivity index (χ1) is 13.0. The molecule has 144 valence electrons. The quantitative estimate of drug-likeness (QED) is 0.497. The molecule has 27 heavy (non-hydrogen) atoms. The van der Waals surface area contributed by atoms with Gasteiger partial charge in [-0.3, -0.25) is 4.79 Å². The van der Waals surface area contributed by atoms with E-state index in [2.05, 4.69) is 64.9 Å². The zero-order valence-corrected chi connectivity index (χ0v) is 16.9. The second-order valence-corrected chi connectivity index (χ2v) is 6.81. The van der Waals surface area contributed by atoms with Crippen LogP contribution in [0.15, 0.2) is 42.5 Å². The molecule has 0 spiro atoms. The van der Waals surface area contributed by atoms with E-state index >= 15 is 0 Å². The van der Waals surface area contributed by atoms with Gasteiger partial charge in [0.2, 0.25) is 5.91 Å². The summed E-state index contributed by atoms with van der Waals surface area (Å²) in [5, 5.41) is 6.42. The molecule has 0 bridgehead atoms. The highest BCUT2D eigenvalue weighted by Crippen LogP contribution is 2.20. The van der Waals surface area contributed by atoms with E-state index in [0.29, 0.717) is 6.42 Å². The molecule has 0 aliphatic carbocycles. The van der Waals surface area contributed by atoms with Crippen LogP contribution in [0, 0.1) is 0 Å². The van der Waals surface area contributed by atoms with Gasteiger partial charge in [-0.1, -0.05) is 44.2 Å². The topological polar surface area (TPSA) is 44.4 Å². The summed E-state index contributed by atoms with van der Waals surface area (Å²) in [5.41, 5.74) is 5.46. The minimum atomic E-state index is 0.0380. The summed E-state index contributed by atoms with van der Waals surface area (Å²) in [4.78, 5) is 13.9. The van der Waals surface area contributed by atoms with Crippen LogP contribution >= 0.6 is 0 Å². The van der Waals surface area contributed by atoms with Crippen molar-refractivity contribution in [3.8, 4) is 0 Å². The molecule has 0 unspecified atom stereocenters. The zero-order chi connectivity index (χ0) is 19.6. The SMILES string of the molecule is CCCNCc1cc(/C=C/c2ccc(N(C)C)cc2)ccc1NC(=O)CC. The minimum Gasteiger partial charge on any atom is -0.378 e. The zero-order valence-electron chi connectivity index (χ0n) is 16.9. The average Bonchev–Trinajstić information content (AvgIpc) is 2.68. The van der Waals surface area contributed by atoms with Crippen molar-refractivity contribution in [3.63, 3.8) is 0 Å². The molecule has 2 N–H and O–H groups in total. The maximum Gasteiger partial charge on any atom is 0.224 e. The van der Waals surface area contributed by atoms with Crippen LogP contribution < -0.4 is 15.5 Å². The first kappa shape index (κ1) is 20.7. The number of anilines is 2. The summed E-state index contributed by atoms with van der Waals surface area (Å²) in [6.07, 6.45) is 5.79. The summed E-state index contributed by atoms with van der Waals surface area (Å²) in [7, 11) is 4.08. The van der Waals surface area contributed by atoms with Crippen molar-refractivity contribution in [3.05, 3.63) is 59.2 Å². The Labute approximate surface area is 163 Å². The van der Waals surface area contributed by atoms with Gasteiger partial charge in [-0.2, -0.15) is 0 Å². The average molecular weight is 366 g/mol. The minimum absolute atomic E-state index is 0.0380. The van der Waals surface area contributed by atoms with Gasteiger partial charge >= 0.3 is 0 Å². The number of hydrogen-bond acceptors (Lipinski definition) is 3. The van der Waals surface area contributed by atoms with Crippen LogP contribution in [0.5, 0.6) is 0 Å². The molecule has 4 nitrogen and oxygen atoms in total. The summed E-state index contributed by atoms with van der Waals surface area (Å²) in [6, 6.07) is 14.6. The third-order valence-electron chi connectivity index (χ3n) is 4.34. The third kappa shape index (κ3) is 6.57. The van der Waals surface area contributed by atoms with E-state index in [1.807, 2.05) is 33.2 Å². The first-order valence-corrected chi connectivity index (χ1v) is 9.62. The number of amides is 1. The fourth-order valence-corrected chi connectivity index (χ4v) is 2.70. The molecular formula is C23H31N3O. The van der Waals surface area contributed by atoms with Gasteiger partial charge in [0.1, 0.15) is 0 Å². The van der Waals surface area contributed by atoms with Gasteiger partial charge in [-0.25, -0.2) is 0 Å². The molecule has 0 saturated heterocycles. The summed E-state index contributed by atoms with van der Waals surface area (Å²) < 4.78 is 0. The van der Waals surface area contributed by atoms with Crippen molar-refractivity contribution in [2.45, 2.75) is 33.2 Å². The Kier molecular flexibility index (Phi) is 8.08. The molecule has 4 heteroatoms. The van der Waals surface area contributed by atoms with E-state index in [4.69, 9.17) is 0 Å². The number of benzene rings is 2. The maximum atomic E-state index is 11.8. The van der Waals surface area contributed by atoms with Crippen molar-refractivity contribution in [1.29, 1.82) is 0 Å². The van der Waals surface area contributed by atoms with Crippen molar-refractivity contribution in [2.24, 2.45) is 0 Å². The second kappa shape index (κ2) is 10.5. The standard InChI is InChI=1S/C23H31N3O/c1-5-15-24-17-20-16-19(11-14-22(20)25-23(27)6-2)8-7-18-9-12-21(13-10-18)26(3)4/h7-14,16,24H,5-6,15,17H2,1-4H3,(H,25,27)/b8-7+. The molecule has 2 rings (SSSR count). The highest BCUT2D eigenvalue weighted by atomic mass is 16.1. The van der Waals surface area contributed by atoms with Crippen molar-refractivity contribution in [2.75, 3.05) is 30.9 Å². The number of carbonyl (C=O) groups excluding carboxylic acids is 1. The van der Waals surface area contributed by atoms with Gasteiger partial charge in [-0.15, -0.1) is 0 Å². The van der Waals surface area contributed by atoms with Crippen molar-refractivity contribution in [1.82, 2.24) is 5.32 Å². The lowest BCUT2D eigenvalue weighted by molar-refractivity contribution is -0.115. The van der Waals surface area contributed by atoms with Crippen LogP contribution in [0.3, 0.4) is 0 Å². The Morgan fingerprint density at radius 2 is 1.67 bits per heavy atom. The van der Waals surface area contributed by atoms with E-state index in [0.717, 1.165) is 41.9 Å². The highest BCUT2D eigenvalue weighted by Gasteiger charge is 2.06. The van der Waals surface area contributed by atoms with E-state index in [9.17, 15) is 4.79 Å². The van der Waals surface area contributed by atoms with E-state index in [1.54, 1.807) is 0 Å². The van der Waals surface area contributed by atoms with Crippen LogP contribution in [0.1, 0.15) is 43.4 Å². The molecule has 0 aromatic heterocycles. The Morgan fingerprint density at radius 3 is 2.30 bits per heavy atom. The lowest BCUT2D eigenvalue weighted by Crippen LogP contribution is -2.17. The van der Waals surface area contributed by atoms with Crippen molar-refractivity contribution >= 4 is 29.4 Å². The Bertz CT molecular complexity index is 764. The van der Waals surface area contributed by atoms with Gasteiger partial charge < -0.3 is 15.5 Å². The van der Waals surface area contributed by atoms with Gasteiger partial charge in [0.25, 0.3) is 0 Å². The fraction of sp³-hybridized carbons (Fsp3) is 0.348. The summed E-state index contributed by atoms with van der Waals surface area (Å²) in [6.45, 7) is 5.71. The molecule has 1 amide bonds. The predicted molar refractivity (Wildman–Crippen MR) is 117 cm³/mol. The van der Waals surface area contributed by atoms with Crippen molar-refractivity contribution < 1.29 is 4.79 Å². The van der Waals surface area contributed by atoms with E-state index in [1.165, 1.54) is 5.69 Å². The molecule has 0 aliphatic rings. The lowest BCUT2D eigenvalue weighted by Gasteiger charge is -2.13. The lowest BCUT2D eigenvalue weighted by atomic mass is 10.1. The maximum absolute atomic E-state index is 11.8. The normalized spacial score (nSPS) is 11.0. The number of nitrogens with zero attached hydrogens (tertiary/aromatic N) is 1. The fourth-order valence-electron chi connectivity index (χ4n) is 2.70. The van der Waals surface area contributed by atoms with E-state index in [-0.39, 0.29) is 5.91 Å². The molecule has 0 saturated carbocycles. The Balaban J connectivity index is 2.17. The van der Waals surface area contributed by atoms with E-state index < -0.39 is 0 Å². The Morgan fingerprint density at radius 1 is 1.00 bits per heavy atom. The molecule has 0 radical (unpaired) electrons. The van der Waals surface area contributed by atoms with Gasteiger partial charge in [0, 0.05) is 38.4 Å². The Hall–Kier alpha value is -2.59. The number of carbonyl (C=O) groups is 1. The monoisotopic (exact) mass is 365 g/mol. The molecule has 2 aromatic rings.